The maximum Gasteiger partial charge on any atom is 0.306 e. The number of anilines is 1. The second-order valence-electron chi connectivity index (χ2n) is 4.37. The summed E-state index contributed by atoms with van der Waals surface area (Å²) in [4.78, 5) is 24.6. The van der Waals surface area contributed by atoms with Crippen LogP contribution in [0.3, 0.4) is 0 Å². The molecule has 0 bridgehead atoms. The number of ether oxygens (including phenoxy) is 1. The largest absolute Gasteiger partial charge is 0.469 e. The molecule has 0 fully saturated rings. The van der Waals surface area contributed by atoms with Gasteiger partial charge in [0.15, 0.2) is 0 Å². The van der Waals surface area contributed by atoms with Crippen molar-refractivity contribution >= 4 is 17.6 Å². The molecule has 1 rings (SSSR count). The molecule has 0 saturated carbocycles. The van der Waals surface area contributed by atoms with Gasteiger partial charge in [-0.25, -0.2) is 8.78 Å². The average Bonchev–Trinajstić information content (AvgIpc) is 2.46. The van der Waals surface area contributed by atoms with Crippen molar-refractivity contribution in [2.75, 3.05) is 32.1 Å². The van der Waals surface area contributed by atoms with E-state index < -0.39 is 17.5 Å². The summed E-state index contributed by atoms with van der Waals surface area (Å²) in [6.07, 6.45) is 0.169. The first kappa shape index (κ1) is 17.0. The van der Waals surface area contributed by atoms with E-state index in [1.54, 1.807) is 4.90 Å². The smallest absolute Gasteiger partial charge is 0.306 e. The lowest BCUT2D eigenvalue weighted by Gasteiger charge is -2.19. The summed E-state index contributed by atoms with van der Waals surface area (Å²) in [6.45, 7) is 2.76. The van der Waals surface area contributed by atoms with E-state index in [9.17, 15) is 18.4 Å². The SMILES string of the molecule is CCN(CCC(=O)OC)CC(=O)Nc1ccc(F)cc1F. The molecule has 1 aromatic rings. The van der Waals surface area contributed by atoms with Crippen LogP contribution in [-0.2, 0) is 14.3 Å². The number of methoxy groups -OCH3 is 1. The summed E-state index contributed by atoms with van der Waals surface area (Å²) < 4.78 is 30.7. The van der Waals surface area contributed by atoms with Gasteiger partial charge in [-0.2, -0.15) is 0 Å². The van der Waals surface area contributed by atoms with Gasteiger partial charge in [-0.3, -0.25) is 14.5 Å². The van der Waals surface area contributed by atoms with Gasteiger partial charge in [0.05, 0.1) is 25.8 Å². The maximum atomic E-state index is 13.4. The van der Waals surface area contributed by atoms with Crippen molar-refractivity contribution in [1.82, 2.24) is 4.90 Å². The quantitative estimate of drug-likeness (QED) is 0.780. The van der Waals surface area contributed by atoms with Gasteiger partial charge in [0.1, 0.15) is 11.6 Å². The van der Waals surface area contributed by atoms with Crippen LogP contribution in [0.4, 0.5) is 14.5 Å². The van der Waals surface area contributed by atoms with Crippen molar-refractivity contribution < 1.29 is 23.1 Å². The minimum absolute atomic E-state index is 0.00428. The molecule has 0 aromatic heterocycles. The Labute approximate surface area is 121 Å². The minimum atomic E-state index is -0.832. The summed E-state index contributed by atoms with van der Waals surface area (Å²) in [5.41, 5.74) is -0.0783. The van der Waals surface area contributed by atoms with Gasteiger partial charge in [-0.1, -0.05) is 6.92 Å². The number of esters is 1. The zero-order chi connectivity index (χ0) is 15.8. The summed E-state index contributed by atoms with van der Waals surface area (Å²) in [5, 5.41) is 2.37. The molecule has 5 nitrogen and oxygen atoms in total. The molecule has 0 aliphatic carbocycles. The minimum Gasteiger partial charge on any atom is -0.469 e. The Hall–Kier alpha value is -2.02. The van der Waals surface area contributed by atoms with Gasteiger partial charge in [-0.05, 0) is 18.7 Å². The van der Waals surface area contributed by atoms with E-state index in [2.05, 4.69) is 10.1 Å². The summed E-state index contributed by atoms with van der Waals surface area (Å²) in [6, 6.07) is 2.92. The third-order valence-electron chi connectivity index (χ3n) is 2.88. The molecule has 0 unspecified atom stereocenters. The van der Waals surface area contributed by atoms with E-state index in [1.165, 1.54) is 7.11 Å². The van der Waals surface area contributed by atoms with Crippen LogP contribution < -0.4 is 5.32 Å². The van der Waals surface area contributed by atoms with Crippen molar-refractivity contribution in [2.45, 2.75) is 13.3 Å². The lowest BCUT2D eigenvalue weighted by Crippen LogP contribution is -2.34. The highest BCUT2D eigenvalue weighted by molar-refractivity contribution is 5.92. The van der Waals surface area contributed by atoms with Crippen molar-refractivity contribution in [1.29, 1.82) is 0 Å². The predicted octanol–water partition coefficient (Wildman–Crippen LogP) is 1.79. The van der Waals surface area contributed by atoms with Crippen LogP contribution in [-0.4, -0.2) is 43.5 Å². The van der Waals surface area contributed by atoms with Crippen LogP contribution >= 0.6 is 0 Å². The second kappa shape index (κ2) is 8.31. The normalized spacial score (nSPS) is 10.5. The first-order valence-corrected chi connectivity index (χ1v) is 6.50. The third kappa shape index (κ3) is 5.86. The van der Waals surface area contributed by atoms with Gasteiger partial charge in [0.25, 0.3) is 0 Å². The Morgan fingerprint density at radius 1 is 1.33 bits per heavy atom. The molecule has 1 amide bonds. The van der Waals surface area contributed by atoms with Crippen molar-refractivity contribution in [3.63, 3.8) is 0 Å². The first-order valence-electron chi connectivity index (χ1n) is 6.50. The number of halogens is 2. The summed E-state index contributed by atoms with van der Waals surface area (Å²) >= 11 is 0. The lowest BCUT2D eigenvalue weighted by atomic mass is 10.3. The Morgan fingerprint density at radius 3 is 2.62 bits per heavy atom. The highest BCUT2D eigenvalue weighted by Crippen LogP contribution is 2.14. The summed E-state index contributed by atoms with van der Waals surface area (Å²) in [5.74, 6) is -2.34. The Balaban J connectivity index is 2.52. The number of nitrogens with zero attached hydrogens (tertiary/aromatic N) is 1. The molecule has 0 heterocycles. The maximum absolute atomic E-state index is 13.4. The van der Waals surface area contributed by atoms with Crippen LogP contribution in [0.2, 0.25) is 0 Å². The number of hydrogen-bond donors (Lipinski definition) is 1. The van der Waals surface area contributed by atoms with Crippen molar-refractivity contribution in [3.8, 4) is 0 Å². The highest BCUT2D eigenvalue weighted by Gasteiger charge is 2.13. The molecule has 0 radical (unpaired) electrons. The zero-order valence-electron chi connectivity index (χ0n) is 12.0. The fourth-order valence-corrected chi connectivity index (χ4v) is 1.68. The molecule has 0 spiro atoms. The fraction of sp³-hybridized carbons (Fsp3) is 0.429. The number of amides is 1. The predicted molar refractivity (Wildman–Crippen MR) is 73.7 cm³/mol. The van der Waals surface area contributed by atoms with E-state index in [4.69, 9.17) is 0 Å². The first-order chi connectivity index (χ1) is 9.96. The molecular formula is C14H18F2N2O3. The number of carbonyl (C=O) groups is 2. The van der Waals surface area contributed by atoms with Gasteiger partial charge < -0.3 is 10.1 Å². The Morgan fingerprint density at radius 2 is 2.05 bits per heavy atom. The number of benzene rings is 1. The molecule has 116 valence electrons. The van der Waals surface area contributed by atoms with Gasteiger partial charge >= 0.3 is 5.97 Å². The average molecular weight is 300 g/mol. The number of hydrogen-bond acceptors (Lipinski definition) is 4. The molecule has 0 saturated heterocycles. The van der Waals surface area contributed by atoms with E-state index in [1.807, 2.05) is 6.92 Å². The summed E-state index contributed by atoms with van der Waals surface area (Å²) in [7, 11) is 1.29. The Kier molecular flexibility index (Phi) is 6.74. The highest BCUT2D eigenvalue weighted by atomic mass is 19.1. The van der Waals surface area contributed by atoms with Gasteiger partial charge in [0.2, 0.25) is 5.91 Å². The van der Waals surface area contributed by atoms with E-state index in [0.717, 1.165) is 12.1 Å². The lowest BCUT2D eigenvalue weighted by molar-refractivity contribution is -0.141. The standard InChI is InChI=1S/C14H18F2N2O3/c1-3-18(7-6-14(20)21-2)9-13(19)17-12-5-4-10(15)8-11(12)16/h4-5,8H,3,6-7,9H2,1-2H3,(H,17,19). The third-order valence-corrected chi connectivity index (χ3v) is 2.88. The molecule has 7 heteroatoms. The fourth-order valence-electron chi connectivity index (χ4n) is 1.68. The molecule has 1 N–H and O–H groups in total. The topological polar surface area (TPSA) is 58.6 Å². The van der Waals surface area contributed by atoms with Crippen molar-refractivity contribution in [2.24, 2.45) is 0 Å². The molecule has 0 atom stereocenters. The molecule has 21 heavy (non-hydrogen) atoms. The Bertz CT molecular complexity index is 509. The van der Waals surface area contributed by atoms with Crippen LogP contribution in [0.15, 0.2) is 18.2 Å². The number of rotatable bonds is 7. The van der Waals surface area contributed by atoms with E-state index in [0.29, 0.717) is 19.2 Å². The van der Waals surface area contributed by atoms with Crippen LogP contribution in [0.5, 0.6) is 0 Å². The van der Waals surface area contributed by atoms with E-state index in [-0.39, 0.29) is 24.6 Å². The van der Waals surface area contributed by atoms with Crippen molar-refractivity contribution in [3.05, 3.63) is 29.8 Å². The molecular weight excluding hydrogens is 282 g/mol. The monoisotopic (exact) mass is 300 g/mol. The van der Waals surface area contributed by atoms with Crippen LogP contribution in [0.25, 0.3) is 0 Å². The van der Waals surface area contributed by atoms with Crippen LogP contribution in [0.1, 0.15) is 13.3 Å². The van der Waals surface area contributed by atoms with Gasteiger partial charge in [0, 0.05) is 12.6 Å². The number of carbonyl (C=O) groups excluding carboxylic acids is 2. The van der Waals surface area contributed by atoms with Gasteiger partial charge in [-0.15, -0.1) is 0 Å². The molecule has 0 aliphatic rings. The van der Waals surface area contributed by atoms with E-state index >= 15 is 0 Å². The zero-order valence-corrected chi connectivity index (χ0v) is 12.0. The molecule has 1 aromatic carbocycles. The number of nitrogens with one attached hydrogen (secondary N) is 1. The molecule has 0 aliphatic heterocycles. The second-order valence-corrected chi connectivity index (χ2v) is 4.37. The number of likely N-dealkylation sites (N-methyl/N-ethyl adjacent to an activating group) is 1. The van der Waals surface area contributed by atoms with Crippen LogP contribution in [0, 0.1) is 11.6 Å².